The van der Waals surface area contributed by atoms with Crippen LogP contribution in [0.1, 0.15) is 63.4 Å². The zero-order valence-electron chi connectivity index (χ0n) is 16.8. The van der Waals surface area contributed by atoms with E-state index in [0.29, 0.717) is 0 Å². The SMILES string of the molecule is N#CC=CC=CCCC1CCC(CCCCc2ccc(OC(F)(F)F)cc2)CC1. The van der Waals surface area contributed by atoms with E-state index in [1.807, 2.05) is 12.1 Å². The third kappa shape index (κ3) is 10.2. The van der Waals surface area contributed by atoms with Gasteiger partial charge in [-0.15, -0.1) is 13.2 Å². The number of allylic oxidation sites excluding steroid dienone is 4. The normalized spacial score (nSPS) is 20.2. The van der Waals surface area contributed by atoms with Gasteiger partial charge in [-0.05, 0) is 55.2 Å². The topological polar surface area (TPSA) is 33.0 Å². The van der Waals surface area contributed by atoms with Crippen LogP contribution in [-0.2, 0) is 6.42 Å². The lowest BCUT2D eigenvalue weighted by atomic mass is 9.78. The summed E-state index contributed by atoms with van der Waals surface area (Å²) in [5.41, 5.74) is 1.06. The molecule has 1 aromatic rings. The van der Waals surface area contributed by atoms with Gasteiger partial charge in [-0.2, -0.15) is 5.26 Å². The Hall–Kier alpha value is -2.22. The standard InChI is InChI=1S/C24H30F3NO/c25-24(26,27)29-23-17-15-22(16-18-23)10-6-5-9-21-13-11-20(12-14-21)8-4-2-1-3-7-19-28/h1-3,7,15-18,20-21H,4-6,8-14H2. The number of nitrogens with zero attached hydrogens (tertiary/aromatic N) is 1. The fourth-order valence-corrected chi connectivity index (χ4v) is 4.03. The highest BCUT2D eigenvalue weighted by molar-refractivity contribution is 5.27. The average Bonchev–Trinajstić information content (AvgIpc) is 2.69. The molecule has 0 atom stereocenters. The number of unbranched alkanes of at least 4 members (excludes halogenated alkanes) is 1. The number of ether oxygens (including phenoxy) is 1. The van der Waals surface area contributed by atoms with Gasteiger partial charge in [-0.25, -0.2) is 0 Å². The highest BCUT2D eigenvalue weighted by atomic mass is 19.4. The van der Waals surface area contributed by atoms with Crippen molar-refractivity contribution in [1.29, 1.82) is 5.26 Å². The minimum Gasteiger partial charge on any atom is -0.406 e. The maximum absolute atomic E-state index is 12.2. The summed E-state index contributed by atoms with van der Waals surface area (Å²) in [7, 11) is 0. The average molecular weight is 406 g/mol. The molecule has 0 heterocycles. The van der Waals surface area contributed by atoms with Gasteiger partial charge >= 0.3 is 6.36 Å². The molecule has 1 aliphatic carbocycles. The number of benzene rings is 1. The number of nitriles is 1. The van der Waals surface area contributed by atoms with Crippen LogP contribution in [0.3, 0.4) is 0 Å². The first-order valence-electron chi connectivity index (χ1n) is 10.5. The van der Waals surface area contributed by atoms with E-state index in [2.05, 4.69) is 10.8 Å². The quantitative estimate of drug-likeness (QED) is 0.229. The van der Waals surface area contributed by atoms with E-state index in [1.165, 1.54) is 63.2 Å². The molecular weight excluding hydrogens is 375 g/mol. The lowest BCUT2D eigenvalue weighted by Crippen LogP contribution is -2.17. The number of rotatable bonds is 10. The van der Waals surface area contributed by atoms with E-state index in [4.69, 9.17) is 5.26 Å². The Morgan fingerprint density at radius 3 is 2.24 bits per heavy atom. The maximum atomic E-state index is 12.2. The van der Waals surface area contributed by atoms with Crippen molar-refractivity contribution in [1.82, 2.24) is 0 Å². The van der Waals surface area contributed by atoms with E-state index in [-0.39, 0.29) is 5.75 Å². The van der Waals surface area contributed by atoms with Crippen LogP contribution >= 0.6 is 0 Å². The van der Waals surface area contributed by atoms with E-state index >= 15 is 0 Å². The zero-order chi connectivity index (χ0) is 21.0. The van der Waals surface area contributed by atoms with Crippen LogP contribution in [0.25, 0.3) is 0 Å². The van der Waals surface area contributed by atoms with Crippen LogP contribution < -0.4 is 4.74 Å². The zero-order valence-corrected chi connectivity index (χ0v) is 16.8. The van der Waals surface area contributed by atoms with Crippen molar-refractivity contribution in [3.05, 3.63) is 54.1 Å². The molecule has 2 nitrogen and oxygen atoms in total. The van der Waals surface area contributed by atoms with Gasteiger partial charge in [-0.3, -0.25) is 0 Å². The smallest absolute Gasteiger partial charge is 0.406 e. The van der Waals surface area contributed by atoms with Crippen LogP contribution in [0, 0.1) is 23.2 Å². The Morgan fingerprint density at radius 2 is 1.62 bits per heavy atom. The molecular formula is C24H30F3NO. The van der Waals surface area contributed by atoms with Crippen molar-refractivity contribution in [3.63, 3.8) is 0 Å². The van der Waals surface area contributed by atoms with Gasteiger partial charge in [0.1, 0.15) is 5.75 Å². The summed E-state index contributed by atoms with van der Waals surface area (Å²) in [6, 6.07) is 8.19. The fourth-order valence-electron chi connectivity index (χ4n) is 4.03. The van der Waals surface area contributed by atoms with Crippen molar-refractivity contribution in [2.24, 2.45) is 11.8 Å². The largest absolute Gasteiger partial charge is 0.573 e. The summed E-state index contributed by atoms with van der Waals surface area (Å²) in [6.45, 7) is 0. The van der Waals surface area contributed by atoms with Crippen LogP contribution in [0.5, 0.6) is 5.75 Å². The molecule has 0 saturated heterocycles. The molecule has 0 radical (unpaired) electrons. The molecule has 1 aliphatic rings. The Labute approximate surface area is 172 Å². The van der Waals surface area contributed by atoms with E-state index in [1.54, 1.807) is 18.2 Å². The number of aryl methyl sites for hydroxylation is 1. The lowest BCUT2D eigenvalue weighted by Gasteiger charge is -2.28. The van der Waals surface area contributed by atoms with Crippen molar-refractivity contribution < 1.29 is 17.9 Å². The second-order valence-electron chi connectivity index (χ2n) is 7.82. The van der Waals surface area contributed by atoms with Crippen molar-refractivity contribution in [2.75, 3.05) is 0 Å². The molecule has 1 fully saturated rings. The van der Waals surface area contributed by atoms with Crippen molar-refractivity contribution in [2.45, 2.75) is 70.6 Å². The number of halogens is 3. The Morgan fingerprint density at radius 1 is 0.966 bits per heavy atom. The third-order valence-electron chi connectivity index (χ3n) is 5.61. The molecule has 0 N–H and O–H groups in total. The Kier molecular flexibility index (Phi) is 9.83. The molecule has 0 aromatic heterocycles. The highest BCUT2D eigenvalue weighted by Gasteiger charge is 2.30. The van der Waals surface area contributed by atoms with Crippen LogP contribution in [0.4, 0.5) is 13.2 Å². The maximum Gasteiger partial charge on any atom is 0.573 e. The minimum atomic E-state index is -4.63. The predicted octanol–water partition coefficient (Wildman–Crippen LogP) is 7.52. The summed E-state index contributed by atoms with van der Waals surface area (Å²) in [4.78, 5) is 0. The number of alkyl halides is 3. The summed E-state index contributed by atoms with van der Waals surface area (Å²) >= 11 is 0. The van der Waals surface area contributed by atoms with Gasteiger partial charge in [0.2, 0.25) is 0 Å². The summed E-state index contributed by atoms with van der Waals surface area (Å²) in [5, 5.41) is 8.42. The molecule has 1 saturated carbocycles. The summed E-state index contributed by atoms with van der Waals surface area (Å²) in [6.07, 6.45) is 14.7. The van der Waals surface area contributed by atoms with Gasteiger partial charge in [0.05, 0.1) is 6.07 Å². The lowest BCUT2D eigenvalue weighted by molar-refractivity contribution is -0.274. The van der Waals surface area contributed by atoms with Crippen molar-refractivity contribution >= 4 is 0 Å². The predicted molar refractivity (Wildman–Crippen MR) is 109 cm³/mol. The number of hydrogen-bond donors (Lipinski definition) is 0. The molecule has 158 valence electrons. The van der Waals surface area contributed by atoms with Gasteiger partial charge in [0.15, 0.2) is 0 Å². The Balaban J connectivity index is 1.55. The second-order valence-corrected chi connectivity index (χ2v) is 7.82. The molecule has 0 unspecified atom stereocenters. The molecule has 2 rings (SSSR count). The highest BCUT2D eigenvalue weighted by Crippen LogP contribution is 2.34. The first-order chi connectivity index (χ1) is 14.0. The molecule has 0 aliphatic heterocycles. The van der Waals surface area contributed by atoms with Gasteiger partial charge in [0, 0.05) is 6.08 Å². The molecule has 0 amide bonds. The summed E-state index contributed by atoms with van der Waals surface area (Å²) < 4.78 is 40.4. The van der Waals surface area contributed by atoms with E-state index < -0.39 is 6.36 Å². The first kappa shape index (κ1) is 23.1. The number of hydrogen-bond acceptors (Lipinski definition) is 2. The van der Waals surface area contributed by atoms with Gasteiger partial charge < -0.3 is 4.74 Å². The second kappa shape index (κ2) is 12.4. The first-order valence-corrected chi connectivity index (χ1v) is 10.5. The van der Waals surface area contributed by atoms with Gasteiger partial charge in [0.25, 0.3) is 0 Å². The molecule has 1 aromatic carbocycles. The molecule has 29 heavy (non-hydrogen) atoms. The summed E-state index contributed by atoms with van der Waals surface area (Å²) in [5.74, 6) is 1.49. The van der Waals surface area contributed by atoms with E-state index in [9.17, 15) is 13.2 Å². The fraction of sp³-hybridized carbons (Fsp3) is 0.542. The molecule has 0 spiro atoms. The van der Waals surface area contributed by atoms with Crippen LogP contribution in [0.15, 0.2) is 48.6 Å². The van der Waals surface area contributed by atoms with Crippen LogP contribution in [0.2, 0.25) is 0 Å². The van der Waals surface area contributed by atoms with Crippen LogP contribution in [-0.4, -0.2) is 6.36 Å². The molecule has 5 heteroatoms. The molecule has 0 bridgehead atoms. The van der Waals surface area contributed by atoms with Gasteiger partial charge in [-0.1, -0.05) is 68.9 Å². The minimum absolute atomic E-state index is 0.160. The van der Waals surface area contributed by atoms with E-state index in [0.717, 1.165) is 36.7 Å². The van der Waals surface area contributed by atoms with Crippen molar-refractivity contribution in [3.8, 4) is 11.8 Å². The third-order valence-corrected chi connectivity index (χ3v) is 5.61. The monoisotopic (exact) mass is 405 g/mol. The Bertz CT molecular complexity index is 678.